The Balaban J connectivity index is 1.77. The summed E-state index contributed by atoms with van der Waals surface area (Å²) in [7, 11) is 0. The van der Waals surface area contributed by atoms with Crippen molar-refractivity contribution in [1.29, 1.82) is 0 Å². The number of nitrogens with zero attached hydrogens (tertiary/aromatic N) is 2. The lowest BCUT2D eigenvalue weighted by Crippen LogP contribution is -2.40. The highest BCUT2D eigenvalue weighted by molar-refractivity contribution is 5.92. The molecule has 25 heavy (non-hydrogen) atoms. The first-order valence-corrected chi connectivity index (χ1v) is 8.33. The van der Waals surface area contributed by atoms with Crippen LogP contribution in [0, 0.1) is 10.1 Å². The Kier molecular flexibility index (Phi) is 5.18. The molecule has 1 amide bonds. The number of likely N-dealkylation sites (tertiary alicyclic amines) is 1. The van der Waals surface area contributed by atoms with Gasteiger partial charge in [-0.3, -0.25) is 14.9 Å². The van der Waals surface area contributed by atoms with Gasteiger partial charge in [0.1, 0.15) is 16.8 Å². The van der Waals surface area contributed by atoms with E-state index < -0.39 is 16.9 Å². The lowest BCUT2D eigenvalue weighted by Gasteiger charge is -2.30. The van der Waals surface area contributed by atoms with Crippen molar-refractivity contribution in [2.24, 2.45) is 0 Å². The molecule has 1 aliphatic rings. The van der Waals surface area contributed by atoms with Gasteiger partial charge in [0.15, 0.2) is 5.76 Å². The van der Waals surface area contributed by atoms with Gasteiger partial charge in [-0.05, 0) is 31.0 Å². The fourth-order valence-corrected chi connectivity index (χ4v) is 3.23. The summed E-state index contributed by atoms with van der Waals surface area (Å²) >= 11 is 0. The average Bonchev–Trinajstić information content (AvgIpc) is 3.24. The SMILES string of the molecule is O=C(c1ccc([N+](=O)[O-])o1)N1CCCCC[C@@H]1C[C@@H](O)c1ccco1. The fraction of sp³-hybridized carbons (Fsp3) is 0.471. The van der Waals surface area contributed by atoms with Crippen molar-refractivity contribution in [3.8, 4) is 0 Å². The van der Waals surface area contributed by atoms with Gasteiger partial charge >= 0.3 is 5.88 Å². The summed E-state index contributed by atoms with van der Waals surface area (Å²) in [6.45, 7) is 0.531. The van der Waals surface area contributed by atoms with E-state index in [1.165, 1.54) is 18.4 Å². The van der Waals surface area contributed by atoms with E-state index in [-0.39, 0.29) is 17.7 Å². The number of carbonyl (C=O) groups excluding carboxylic acids is 1. The zero-order valence-electron chi connectivity index (χ0n) is 13.7. The van der Waals surface area contributed by atoms with E-state index in [2.05, 4.69) is 0 Å². The number of aliphatic hydroxyl groups is 1. The first kappa shape index (κ1) is 17.2. The predicted octanol–water partition coefficient (Wildman–Crippen LogP) is 3.29. The van der Waals surface area contributed by atoms with Crippen molar-refractivity contribution >= 4 is 11.8 Å². The summed E-state index contributed by atoms with van der Waals surface area (Å²) in [5.74, 6) is -0.423. The quantitative estimate of drug-likeness (QED) is 0.656. The molecule has 0 bridgehead atoms. The van der Waals surface area contributed by atoms with Crippen LogP contribution in [0.15, 0.2) is 39.4 Å². The first-order valence-electron chi connectivity index (χ1n) is 8.33. The van der Waals surface area contributed by atoms with Gasteiger partial charge < -0.3 is 18.8 Å². The highest BCUT2D eigenvalue weighted by Crippen LogP contribution is 2.28. The molecule has 0 unspecified atom stereocenters. The van der Waals surface area contributed by atoms with Crippen LogP contribution < -0.4 is 0 Å². The molecular formula is C17H20N2O6. The highest BCUT2D eigenvalue weighted by atomic mass is 16.6. The Morgan fingerprint density at radius 1 is 1.36 bits per heavy atom. The van der Waals surface area contributed by atoms with Crippen molar-refractivity contribution in [2.75, 3.05) is 6.54 Å². The number of furan rings is 2. The molecule has 1 saturated heterocycles. The van der Waals surface area contributed by atoms with E-state index in [0.717, 1.165) is 25.7 Å². The predicted molar refractivity (Wildman–Crippen MR) is 86.9 cm³/mol. The maximum absolute atomic E-state index is 12.8. The lowest BCUT2D eigenvalue weighted by molar-refractivity contribution is -0.402. The molecule has 2 aromatic rings. The number of aliphatic hydroxyl groups excluding tert-OH is 1. The van der Waals surface area contributed by atoms with Crippen LogP contribution in [0.5, 0.6) is 0 Å². The molecule has 0 radical (unpaired) electrons. The molecule has 0 saturated carbocycles. The smallest absolute Gasteiger partial charge is 0.433 e. The minimum atomic E-state index is -0.806. The monoisotopic (exact) mass is 348 g/mol. The zero-order chi connectivity index (χ0) is 17.8. The summed E-state index contributed by atoms with van der Waals surface area (Å²) in [5, 5.41) is 21.1. The van der Waals surface area contributed by atoms with E-state index in [4.69, 9.17) is 8.83 Å². The van der Waals surface area contributed by atoms with Crippen LogP contribution >= 0.6 is 0 Å². The molecule has 1 aliphatic heterocycles. The van der Waals surface area contributed by atoms with Crippen molar-refractivity contribution in [3.05, 3.63) is 52.2 Å². The second-order valence-electron chi connectivity index (χ2n) is 6.16. The number of rotatable bonds is 5. The molecule has 2 aromatic heterocycles. The largest absolute Gasteiger partial charge is 0.467 e. The third-order valence-electron chi connectivity index (χ3n) is 4.49. The van der Waals surface area contributed by atoms with Gasteiger partial charge in [0.05, 0.1) is 12.3 Å². The number of hydrogen-bond acceptors (Lipinski definition) is 6. The summed E-state index contributed by atoms with van der Waals surface area (Å²) in [6.07, 6.45) is 4.60. The third kappa shape index (κ3) is 3.90. The molecule has 0 spiro atoms. The minimum Gasteiger partial charge on any atom is -0.467 e. The second-order valence-corrected chi connectivity index (χ2v) is 6.16. The van der Waals surface area contributed by atoms with Crippen molar-refractivity contribution < 1.29 is 23.7 Å². The van der Waals surface area contributed by atoms with E-state index in [1.807, 2.05) is 0 Å². The highest BCUT2D eigenvalue weighted by Gasteiger charge is 2.31. The van der Waals surface area contributed by atoms with Gasteiger partial charge in [0, 0.05) is 19.0 Å². The second kappa shape index (κ2) is 7.52. The number of carbonyl (C=O) groups is 1. The Morgan fingerprint density at radius 2 is 2.20 bits per heavy atom. The van der Waals surface area contributed by atoms with Gasteiger partial charge in [-0.2, -0.15) is 0 Å². The molecule has 3 heterocycles. The van der Waals surface area contributed by atoms with Crippen LogP contribution in [-0.2, 0) is 0 Å². The third-order valence-corrected chi connectivity index (χ3v) is 4.49. The van der Waals surface area contributed by atoms with Crippen LogP contribution in [0.1, 0.15) is 54.5 Å². The summed E-state index contributed by atoms with van der Waals surface area (Å²) in [4.78, 5) is 24.5. The number of hydrogen-bond donors (Lipinski definition) is 1. The van der Waals surface area contributed by atoms with Crippen LogP contribution in [0.4, 0.5) is 5.88 Å². The topological polar surface area (TPSA) is 110 Å². The van der Waals surface area contributed by atoms with Crippen LogP contribution in [0.2, 0.25) is 0 Å². The molecule has 0 aromatic carbocycles. The summed E-state index contributed by atoms with van der Waals surface area (Å²) < 4.78 is 10.3. The van der Waals surface area contributed by atoms with E-state index >= 15 is 0 Å². The molecule has 1 N–H and O–H groups in total. The Bertz CT molecular complexity index is 723. The van der Waals surface area contributed by atoms with Gasteiger partial charge in [0.2, 0.25) is 0 Å². The molecular weight excluding hydrogens is 328 g/mol. The number of nitro groups is 1. The average molecular weight is 348 g/mol. The standard InChI is InChI=1S/C17H20N2O6/c20-13(14-6-4-10-24-14)11-12-5-2-1-3-9-18(12)17(21)15-7-8-16(25-15)19(22)23/h4,6-8,10,12-13,20H,1-3,5,9,11H2/t12-,13-/m1/s1. The maximum Gasteiger partial charge on any atom is 0.433 e. The summed E-state index contributed by atoms with van der Waals surface area (Å²) in [5.41, 5.74) is 0. The van der Waals surface area contributed by atoms with Crippen LogP contribution in [0.25, 0.3) is 0 Å². The summed E-state index contributed by atoms with van der Waals surface area (Å²) in [6, 6.07) is 5.72. The van der Waals surface area contributed by atoms with Crippen molar-refractivity contribution in [2.45, 2.75) is 44.2 Å². The molecule has 8 heteroatoms. The van der Waals surface area contributed by atoms with Gasteiger partial charge in [-0.25, -0.2) is 0 Å². The van der Waals surface area contributed by atoms with Gasteiger partial charge in [0.25, 0.3) is 5.91 Å². The minimum absolute atomic E-state index is 0.0499. The Morgan fingerprint density at radius 3 is 2.88 bits per heavy atom. The zero-order valence-corrected chi connectivity index (χ0v) is 13.7. The maximum atomic E-state index is 12.8. The number of amides is 1. The normalized spacial score (nSPS) is 19.4. The van der Waals surface area contributed by atoms with Crippen LogP contribution in [0.3, 0.4) is 0 Å². The van der Waals surface area contributed by atoms with Gasteiger partial charge in [-0.15, -0.1) is 0 Å². The van der Waals surface area contributed by atoms with E-state index in [1.54, 1.807) is 17.0 Å². The Hall–Kier alpha value is -2.61. The lowest BCUT2D eigenvalue weighted by atomic mass is 10.0. The fourth-order valence-electron chi connectivity index (χ4n) is 3.23. The first-order chi connectivity index (χ1) is 12.1. The van der Waals surface area contributed by atoms with Crippen LogP contribution in [-0.4, -0.2) is 33.4 Å². The van der Waals surface area contributed by atoms with Gasteiger partial charge in [-0.1, -0.05) is 12.8 Å². The van der Waals surface area contributed by atoms with E-state index in [9.17, 15) is 20.0 Å². The molecule has 0 aliphatic carbocycles. The molecule has 1 fully saturated rings. The van der Waals surface area contributed by atoms with E-state index in [0.29, 0.717) is 18.7 Å². The molecule has 8 nitrogen and oxygen atoms in total. The molecule has 134 valence electrons. The Labute approximate surface area is 144 Å². The van der Waals surface area contributed by atoms with Crippen molar-refractivity contribution in [3.63, 3.8) is 0 Å². The molecule has 2 atom stereocenters. The molecule has 3 rings (SSSR count). The van der Waals surface area contributed by atoms with Crippen molar-refractivity contribution in [1.82, 2.24) is 4.90 Å².